The van der Waals surface area contributed by atoms with Gasteiger partial charge in [0.15, 0.2) is 0 Å². The van der Waals surface area contributed by atoms with E-state index in [2.05, 4.69) is 5.32 Å². The molecular weight excluding hydrogens is 300 g/mol. The minimum absolute atomic E-state index is 0.255. The summed E-state index contributed by atoms with van der Waals surface area (Å²) in [5, 5.41) is 2.85. The summed E-state index contributed by atoms with van der Waals surface area (Å²) in [6.45, 7) is 7.30. The van der Waals surface area contributed by atoms with Crippen molar-refractivity contribution in [3.63, 3.8) is 0 Å². The fraction of sp³-hybridized carbons (Fsp3) is 0.300. The lowest BCUT2D eigenvalue weighted by Gasteiger charge is -2.28. The van der Waals surface area contributed by atoms with Crippen molar-refractivity contribution in [2.45, 2.75) is 27.7 Å². The Kier molecular flexibility index (Phi) is 5.07. The molecule has 126 valence electrons. The van der Waals surface area contributed by atoms with Gasteiger partial charge < -0.3 is 10.2 Å². The molecule has 4 nitrogen and oxygen atoms in total. The van der Waals surface area contributed by atoms with E-state index in [0.29, 0.717) is 5.69 Å². The molecule has 0 heterocycles. The molecule has 0 aliphatic rings. The molecule has 2 amide bonds. The zero-order chi connectivity index (χ0) is 17.9. The lowest BCUT2D eigenvalue weighted by atomic mass is 9.90. The van der Waals surface area contributed by atoms with Crippen molar-refractivity contribution in [3.8, 4) is 0 Å². The maximum atomic E-state index is 12.8. The van der Waals surface area contributed by atoms with E-state index in [0.717, 1.165) is 16.8 Å². The van der Waals surface area contributed by atoms with Crippen molar-refractivity contribution in [2.75, 3.05) is 17.3 Å². The number of aryl methyl sites for hydroxylation is 2. The summed E-state index contributed by atoms with van der Waals surface area (Å²) < 4.78 is 0. The van der Waals surface area contributed by atoms with Crippen LogP contribution in [0.1, 0.15) is 25.0 Å². The predicted octanol–water partition coefficient (Wildman–Crippen LogP) is 3.93. The smallest absolute Gasteiger partial charge is 0.241 e. The second-order valence-corrected chi connectivity index (χ2v) is 6.58. The minimum Gasteiger partial charge on any atom is -0.325 e. The highest BCUT2D eigenvalue weighted by Crippen LogP contribution is 2.25. The van der Waals surface area contributed by atoms with E-state index in [-0.39, 0.29) is 11.8 Å². The molecule has 0 bridgehead atoms. The number of para-hydroxylation sites is 1. The van der Waals surface area contributed by atoms with Crippen LogP contribution in [0.5, 0.6) is 0 Å². The number of nitrogens with zero attached hydrogens (tertiary/aromatic N) is 1. The first-order valence-corrected chi connectivity index (χ1v) is 7.95. The highest BCUT2D eigenvalue weighted by molar-refractivity contribution is 6.14. The Morgan fingerprint density at radius 2 is 1.58 bits per heavy atom. The van der Waals surface area contributed by atoms with Gasteiger partial charge in [-0.3, -0.25) is 9.59 Å². The van der Waals surface area contributed by atoms with Crippen LogP contribution < -0.4 is 10.2 Å². The van der Waals surface area contributed by atoms with E-state index in [9.17, 15) is 9.59 Å². The SMILES string of the molecule is Cc1ccc(NC(=O)C(C)(C)C(=O)N(C)c2ccccc2)cc1C. The largest absolute Gasteiger partial charge is 0.325 e. The molecule has 0 aliphatic carbocycles. The summed E-state index contributed by atoms with van der Waals surface area (Å²) >= 11 is 0. The third-order valence-electron chi connectivity index (χ3n) is 4.32. The van der Waals surface area contributed by atoms with Crippen LogP contribution in [-0.4, -0.2) is 18.9 Å². The van der Waals surface area contributed by atoms with Crippen LogP contribution in [0, 0.1) is 19.3 Å². The molecule has 24 heavy (non-hydrogen) atoms. The van der Waals surface area contributed by atoms with E-state index in [4.69, 9.17) is 0 Å². The molecule has 0 saturated carbocycles. The molecule has 4 heteroatoms. The van der Waals surface area contributed by atoms with E-state index >= 15 is 0 Å². The van der Waals surface area contributed by atoms with Crippen molar-refractivity contribution >= 4 is 23.2 Å². The van der Waals surface area contributed by atoms with Gasteiger partial charge in [-0.2, -0.15) is 0 Å². The third kappa shape index (κ3) is 3.65. The number of benzene rings is 2. The van der Waals surface area contributed by atoms with Gasteiger partial charge in [0.05, 0.1) is 0 Å². The number of nitrogens with one attached hydrogen (secondary N) is 1. The van der Waals surface area contributed by atoms with Crippen LogP contribution >= 0.6 is 0 Å². The van der Waals surface area contributed by atoms with E-state index in [1.165, 1.54) is 4.90 Å². The van der Waals surface area contributed by atoms with Crippen LogP contribution in [-0.2, 0) is 9.59 Å². The Hall–Kier alpha value is -2.62. The molecule has 0 saturated heterocycles. The molecule has 2 aromatic rings. The highest BCUT2D eigenvalue weighted by atomic mass is 16.2. The lowest BCUT2D eigenvalue weighted by molar-refractivity contribution is -0.136. The number of anilines is 2. The van der Waals surface area contributed by atoms with Crippen LogP contribution in [0.4, 0.5) is 11.4 Å². The molecule has 0 aliphatic heterocycles. The second-order valence-electron chi connectivity index (χ2n) is 6.58. The molecule has 2 aromatic carbocycles. The Morgan fingerprint density at radius 3 is 2.17 bits per heavy atom. The fourth-order valence-electron chi connectivity index (χ4n) is 2.39. The maximum absolute atomic E-state index is 12.8. The molecule has 2 rings (SSSR count). The first-order valence-electron chi connectivity index (χ1n) is 7.95. The van der Waals surface area contributed by atoms with Gasteiger partial charge in [-0.05, 0) is 63.1 Å². The van der Waals surface area contributed by atoms with Gasteiger partial charge in [-0.1, -0.05) is 24.3 Å². The van der Waals surface area contributed by atoms with Gasteiger partial charge in [0.1, 0.15) is 5.41 Å². The van der Waals surface area contributed by atoms with Crippen LogP contribution in [0.3, 0.4) is 0 Å². The Labute approximate surface area is 143 Å². The summed E-state index contributed by atoms with van der Waals surface area (Å²) in [7, 11) is 1.68. The molecular formula is C20H24N2O2. The van der Waals surface area contributed by atoms with Crippen LogP contribution in [0.15, 0.2) is 48.5 Å². The third-order valence-corrected chi connectivity index (χ3v) is 4.32. The molecule has 0 radical (unpaired) electrons. The van der Waals surface area contributed by atoms with Crippen LogP contribution in [0.25, 0.3) is 0 Å². The molecule has 0 fully saturated rings. The molecule has 0 spiro atoms. The van der Waals surface area contributed by atoms with E-state index in [1.807, 2.05) is 62.4 Å². The van der Waals surface area contributed by atoms with Crippen molar-refractivity contribution in [1.29, 1.82) is 0 Å². The number of carbonyl (C=O) groups excluding carboxylic acids is 2. The highest BCUT2D eigenvalue weighted by Gasteiger charge is 2.38. The zero-order valence-corrected chi connectivity index (χ0v) is 14.9. The molecule has 0 aromatic heterocycles. The summed E-state index contributed by atoms with van der Waals surface area (Å²) in [6.07, 6.45) is 0. The standard InChI is InChI=1S/C20H24N2O2/c1-14-11-12-16(13-15(14)2)21-18(23)20(3,4)19(24)22(5)17-9-7-6-8-10-17/h6-13H,1-5H3,(H,21,23). The molecule has 0 atom stereocenters. The Morgan fingerprint density at radius 1 is 0.958 bits per heavy atom. The summed E-state index contributed by atoms with van der Waals surface area (Å²) in [5.41, 5.74) is 2.54. The number of hydrogen-bond donors (Lipinski definition) is 1. The van der Waals surface area contributed by atoms with Crippen molar-refractivity contribution < 1.29 is 9.59 Å². The van der Waals surface area contributed by atoms with Gasteiger partial charge >= 0.3 is 0 Å². The lowest BCUT2D eigenvalue weighted by Crippen LogP contribution is -2.46. The van der Waals surface area contributed by atoms with E-state index < -0.39 is 5.41 Å². The fourth-order valence-corrected chi connectivity index (χ4v) is 2.39. The summed E-state index contributed by atoms with van der Waals surface area (Å²) in [4.78, 5) is 26.9. The van der Waals surface area contributed by atoms with Crippen molar-refractivity contribution in [2.24, 2.45) is 5.41 Å². The molecule has 0 unspecified atom stereocenters. The topological polar surface area (TPSA) is 49.4 Å². The zero-order valence-electron chi connectivity index (χ0n) is 14.9. The maximum Gasteiger partial charge on any atom is 0.241 e. The van der Waals surface area contributed by atoms with E-state index in [1.54, 1.807) is 20.9 Å². The van der Waals surface area contributed by atoms with Gasteiger partial charge in [-0.25, -0.2) is 0 Å². The first kappa shape index (κ1) is 17.7. The van der Waals surface area contributed by atoms with Gasteiger partial charge in [0.2, 0.25) is 11.8 Å². The van der Waals surface area contributed by atoms with Gasteiger partial charge in [0.25, 0.3) is 0 Å². The number of carbonyl (C=O) groups is 2. The predicted molar refractivity (Wildman–Crippen MR) is 98.2 cm³/mol. The average molecular weight is 324 g/mol. The molecule has 1 N–H and O–H groups in total. The number of amides is 2. The quantitative estimate of drug-likeness (QED) is 0.866. The average Bonchev–Trinajstić information content (AvgIpc) is 2.57. The number of rotatable bonds is 4. The normalized spacial score (nSPS) is 11.0. The first-order chi connectivity index (χ1) is 11.2. The summed E-state index contributed by atoms with van der Waals surface area (Å²) in [5.74, 6) is -0.575. The second kappa shape index (κ2) is 6.87. The minimum atomic E-state index is -1.18. The van der Waals surface area contributed by atoms with Gasteiger partial charge in [-0.15, -0.1) is 0 Å². The Balaban J connectivity index is 2.17. The number of hydrogen-bond acceptors (Lipinski definition) is 2. The van der Waals surface area contributed by atoms with Gasteiger partial charge in [0, 0.05) is 18.4 Å². The van der Waals surface area contributed by atoms with Crippen molar-refractivity contribution in [3.05, 3.63) is 59.7 Å². The summed E-state index contributed by atoms with van der Waals surface area (Å²) in [6, 6.07) is 15.0. The Bertz CT molecular complexity index is 751. The van der Waals surface area contributed by atoms with Crippen molar-refractivity contribution in [1.82, 2.24) is 0 Å². The van der Waals surface area contributed by atoms with Crippen LogP contribution in [0.2, 0.25) is 0 Å². The monoisotopic (exact) mass is 324 g/mol.